The van der Waals surface area contributed by atoms with Crippen LogP contribution in [-0.4, -0.2) is 42.4 Å². The van der Waals surface area contributed by atoms with E-state index in [4.69, 9.17) is 11.6 Å². The van der Waals surface area contributed by atoms with Gasteiger partial charge in [-0.3, -0.25) is 19.7 Å². The molecule has 2 aromatic carbocycles. The fourth-order valence-corrected chi connectivity index (χ4v) is 3.85. The Morgan fingerprint density at radius 2 is 2.10 bits per heavy atom. The van der Waals surface area contributed by atoms with Crippen LogP contribution in [0.25, 0.3) is 0 Å². The molecule has 164 valence electrons. The van der Waals surface area contributed by atoms with E-state index in [0.717, 1.165) is 18.4 Å². The Balaban J connectivity index is 1.58. The van der Waals surface area contributed by atoms with Gasteiger partial charge in [-0.2, -0.15) is 0 Å². The number of halogens is 2. The second-order valence-electron chi connectivity index (χ2n) is 7.38. The van der Waals surface area contributed by atoms with Crippen LogP contribution in [0.5, 0.6) is 0 Å². The zero-order chi connectivity index (χ0) is 22.5. The van der Waals surface area contributed by atoms with Crippen molar-refractivity contribution in [1.82, 2.24) is 10.6 Å². The fraction of sp³-hybridized carbons (Fsp3) is 0.333. The molecular formula is C21H22ClFN4O4. The van der Waals surface area contributed by atoms with E-state index in [9.17, 15) is 24.1 Å². The number of benzene rings is 2. The van der Waals surface area contributed by atoms with E-state index in [1.54, 1.807) is 12.1 Å². The number of nitrogens with zero attached hydrogens (tertiary/aromatic N) is 2. The van der Waals surface area contributed by atoms with Crippen LogP contribution in [0, 0.1) is 22.9 Å². The first-order valence-corrected chi connectivity index (χ1v) is 10.2. The molecule has 0 saturated carbocycles. The summed E-state index contributed by atoms with van der Waals surface area (Å²) in [7, 11) is 0. The quantitative estimate of drug-likeness (QED) is 0.521. The third-order valence-electron chi connectivity index (χ3n) is 5.05. The lowest BCUT2D eigenvalue weighted by atomic mass is 10.0. The van der Waals surface area contributed by atoms with Crippen LogP contribution >= 0.6 is 11.6 Å². The molecule has 8 nitrogen and oxygen atoms in total. The number of nitro benzene ring substituents is 1. The molecule has 1 aliphatic rings. The Hall–Kier alpha value is -3.20. The highest BCUT2D eigenvalue weighted by Crippen LogP contribution is 2.26. The van der Waals surface area contributed by atoms with Gasteiger partial charge in [0.15, 0.2) is 0 Å². The first-order chi connectivity index (χ1) is 14.8. The van der Waals surface area contributed by atoms with E-state index in [-0.39, 0.29) is 29.0 Å². The minimum atomic E-state index is -0.806. The number of carbonyl (C=O) groups is 2. The number of hydrogen-bond donors (Lipinski definition) is 2. The first-order valence-electron chi connectivity index (χ1n) is 9.78. The highest BCUT2D eigenvalue weighted by atomic mass is 35.5. The lowest BCUT2D eigenvalue weighted by molar-refractivity contribution is -0.385. The average Bonchev–Trinajstić information content (AvgIpc) is 2.73. The van der Waals surface area contributed by atoms with Crippen LogP contribution in [0.4, 0.5) is 15.8 Å². The van der Waals surface area contributed by atoms with Crippen molar-refractivity contribution >= 4 is 34.8 Å². The zero-order valence-electron chi connectivity index (χ0n) is 16.9. The highest BCUT2D eigenvalue weighted by Gasteiger charge is 2.26. The maximum atomic E-state index is 14.2. The topological polar surface area (TPSA) is 105 Å². The van der Waals surface area contributed by atoms with E-state index >= 15 is 0 Å². The van der Waals surface area contributed by atoms with Gasteiger partial charge in [0, 0.05) is 25.2 Å². The Morgan fingerprint density at radius 1 is 1.32 bits per heavy atom. The van der Waals surface area contributed by atoms with Gasteiger partial charge in [-0.05, 0) is 43.5 Å². The zero-order valence-corrected chi connectivity index (χ0v) is 17.6. The van der Waals surface area contributed by atoms with Crippen LogP contribution in [-0.2, 0) is 4.79 Å². The number of aryl methyl sites for hydroxylation is 1. The molecule has 1 aliphatic heterocycles. The lowest BCUT2D eigenvalue weighted by Gasteiger charge is -2.35. The van der Waals surface area contributed by atoms with Crippen molar-refractivity contribution in [3.8, 4) is 0 Å². The van der Waals surface area contributed by atoms with Crippen LogP contribution in [0.3, 0.4) is 0 Å². The molecule has 1 saturated heterocycles. The highest BCUT2D eigenvalue weighted by molar-refractivity contribution is 6.34. The normalized spacial score (nSPS) is 16.0. The number of hydrogen-bond acceptors (Lipinski definition) is 5. The lowest BCUT2D eigenvalue weighted by Crippen LogP contribution is -2.50. The number of rotatable bonds is 6. The third kappa shape index (κ3) is 5.49. The molecule has 0 bridgehead atoms. The molecule has 1 atom stereocenters. The molecule has 0 aromatic heterocycles. The minimum Gasteiger partial charge on any atom is -0.367 e. The second kappa shape index (κ2) is 9.74. The summed E-state index contributed by atoms with van der Waals surface area (Å²) in [5, 5.41) is 16.3. The standard InChI is InChI=1S/C21H22ClFN4O4/c1-13-7-8-16(23)18(10-13)26-9-3-4-14(12-26)25-19(28)11-24-21(29)20-15(22)5-2-6-17(20)27(30)31/h2,5-8,10,14H,3-4,9,11-12H2,1H3,(H,24,29)(H,25,28). The minimum absolute atomic E-state index is 0.0739. The van der Waals surface area contributed by atoms with Crippen LogP contribution < -0.4 is 15.5 Å². The third-order valence-corrected chi connectivity index (χ3v) is 5.37. The van der Waals surface area contributed by atoms with Gasteiger partial charge in [-0.15, -0.1) is 0 Å². The van der Waals surface area contributed by atoms with Crippen molar-refractivity contribution in [3.05, 3.63) is 68.5 Å². The maximum absolute atomic E-state index is 14.2. The van der Waals surface area contributed by atoms with Gasteiger partial charge in [-0.25, -0.2) is 4.39 Å². The molecule has 0 spiro atoms. The molecule has 2 N–H and O–H groups in total. The van der Waals surface area contributed by atoms with Crippen molar-refractivity contribution in [2.75, 3.05) is 24.5 Å². The van der Waals surface area contributed by atoms with Gasteiger partial charge >= 0.3 is 0 Å². The number of nitrogens with one attached hydrogen (secondary N) is 2. The van der Waals surface area contributed by atoms with Gasteiger partial charge < -0.3 is 15.5 Å². The molecule has 10 heteroatoms. The van der Waals surface area contributed by atoms with Crippen molar-refractivity contribution in [2.24, 2.45) is 0 Å². The molecular weight excluding hydrogens is 427 g/mol. The summed E-state index contributed by atoms with van der Waals surface area (Å²) < 4.78 is 14.2. The van der Waals surface area contributed by atoms with Crippen molar-refractivity contribution < 1.29 is 18.9 Å². The number of amides is 2. The molecule has 0 aliphatic carbocycles. The Morgan fingerprint density at radius 3 is 2.84 bits per heavy atom. The van der Waals surface area contributed by atoms with Crippen molar-refractivity contribution in [1.29, 1.82) is 0 Å². The molecule has 2 amide bonds. The molecule has 1 unspecified atom stereocenters. The van der Waals surface area contributed by atoms with Crippen molar-refractivity contribution in [2.45, 2.75) is 25.8 Å². The van der Waals surface area contributed by atoms with Crippen molar-refractivity contribution in [3.63, 3.8) is 0 Å². The molecule has 0 radical (unpaired) electrons. The van der Waals surface area contributed by atoms with E-state index in [1.807, 2.05) is 11.8 Å². The molecule has 31 heavy (non-hydrogen) atoms. The fourth-order valence-electron chi connectivity index (χ4n) is 3.60. The number of carbonyl (C=O) groups excluding carboxylic acids is 2. The van der Waals surface area contributed by atoms with Crippen LogP contribution in [0.1, 0.15) is 28.8 Å². The summed E-state index contributed by atoms with van der Waals surface area (Å²) in [4.78, 5) is 37.0. The molecule has 3 rings (SSSR count). The smallest absolute Gasteiger partial charge is 0.283 e. The van der Waals surface area contributed by atoms with E-state index in [1.165, 1.54) is 24.3 Å². The van der Waals surface area contributed by atoms with Gasteiger partial charge in [0.05, 0.1) is 22.2 Å². The summed E-state index contributed by atoms with van der Waals surface area (Å²) in [6, 6.07) is 8.59. The van der Waals surface area contributed by atoms with Crippen LogP contribution in [0.15, 0.2) is 36.4 Å². The first kappa shape index (κ1) is 22.5. The molecule has 2 aromatic rings. The predicted molar refractivity (Wildman–Crippen MR) is 115 cm³/mol. The summed E-state index contributed by atoms with van der Waals surface area (Å²) in [6.07, 6.45) is 1.50. The monoisotopic (exact) mass is 448 g/mol. The second-order valence-corrected chi connectivity index (χ2v) is 7.79. The summed E-state index contributed by atoms with van der Waals surface area (Å²) in [5.41, 5.74) is 0.714. The van der Waals surface area contributed by atoms with Gasteiger partial charge in [0.1, 0.15) is 11.4 Å². The summed E-state index contributed by atoms with van der Waals surface area (Å²) in [5.74, 6) is -1.56. The van der Waals surface area contributed by atoms with E-state index in [2.05, 4.69) is 10.6 Å². The van der Waals surface area contributed by atoms with Gasteiger partial charge in [0.2, 0.25) is 5.91 Å². The largest absolute Gasteiger partial charge is 0.367 e. The average molecular weight is 449 g/mol. The van der Waals surface area contributed by atoms with E-state index in [0.29, 0.717) is 18.8 Å². The Bertz CT molecular complexity index is 1020. The van der Waals surface area contributed by atoms with E-state index < -0.39 is 22.4 Å². The summed E-state index contributed by atoms with van der Waals surface area (Å²) in [6.45, 7) is 2.64. The Kier molecular flexibility index (Phi) is 7.06. The molecule has 1 fully saturated rings. The van der Waals surface area contributed by atoms with Gasteiger partial charge in [-0.1, -0.05) is 23.7 Å². The number of nitro groups is 1. The molecule has 1 heterocycles. The van der Waals surface area contributed by atoms with Gasteiger partial charge in [0.25, 0.3) is 11.6 Å². The summed E-state index contributed by atoms with van der Waals surface area (Å²) >= 11 is 5.94. The maximum Gasteiger partial charge on any atom is 0.283 e. The Labute approximate surface area is 183 Å². The SMILES string of the molecule is Cc1ccc(F)c(N2CCCC(NC(=O)CNC(=O)c3c(Cl)cccc3[N+](=O)[O-])C2)c1. The predicted octanol–water partition coefficient (Wildman–Crippen LogP) is 3.21. The van der Waals surface area contributed by atoms with Crippen LogP contribution in [0.2, 0.25) is 5.02 Å². The number of anilines is 1. The number of piperidine rings is 1.